The fraction of sp³-hybridized carbons (Fsp3) is 0.100. The van der Waals surface area contributed by atoms with Crippen LogP contribution in [0.1, 0.15) is 0 Å². The Morgan fingerprint density at radius 3 is 2.60 bits per heavy atom. The number of anilines is 1. The van der Waals surface area contributed by atoms with Crippen LogP contribution in [0, 0.1) is 0 Å². The number of aromatic nitrogens is 3. The highest BCUT2D eigenvalue weighted by Crippen LogP contribution is 2.27. The number of benzene rings is 2. The summed E-state index contributed by atoms with van der Waals surface area (Å²) in [7, 11) is 1.62. The minimum Gasteiger partial charge on any atom is -0.508 e. The van der Waals surface area contributed by atoms with E-state index in [1.807, 2.05) is 29.6 Å². The first kappa shape index (κ1) is 19.9. The summed E-state index contributed by atoms with van der Waals surface area (Å²) in [4.78, 5) is 16.7. The summed E-state index contributed by atoms with van der Waals surface area (Å²) in [6, 6.07) is 14.0. The fourth-order valence-corrected chi connectivity index (χ4v) is 3.80. The lowest BCUT2D eigenvalue weighted by Crippen LogP contribution is -2.13. The summed E-state index contributed by atoms with van der Waals surface area (Å²) >= 11 is 2.49. The van der Waals surface area contributed by atoms with Gasteiger partial charge in [-0.1, -0.05) is 11.8 Å². The summed E-state index contributed by atoms with van der Waals surface area (Å²) in [5, 5.41) is 22.7. The number of ether oxygens (including phenoxy) is 1. The number of rotatable bonds is 7. The van der Waals surface area contributed by atoms with Crippen LogP contribution in [0.3, 0.4) is 0 Å². The van der Waals surface area contributed by atoms with Crippen molar-refractivity contribution in [2.75, 3.05) is 18.2 Å². The second kappa shape index (κ2) is 8.97. The van der Waals surface area contributed by atoms with E-state index in [-0.39, 0.29) is 22.6 Å². The normalized spacial score (nSPS) is 10.7. The first-order valence-corrected chi connectivity index (χ1v) is 10.6. The third-order valence-electron chi connectivity index (χ3n) is 3.98. The van der Waals surface area contributed by atoms with Gasteiger partial charge < -0.3 is 19.6 Å². The van der Waals surface area contributed by atoms with Crippen LogP contribution in [0.15, 0.2) is 63.6 Å². The van der Waals surface area contributed by atoms with Gasteiger partial charge in [0.2, 0.25) is 11.8 Å². The van der Waals surface area contributed by atoms with E-state index in [0.717, 1.165) is 28.8 Å². The molecule has 2 aromatic heterocycles. The Kier molecular flexibility index (Phi) is 5.96. The van der Waals surface area contributed by atoms with Crippen molar-refractivity contribution in [2.45, 2.75) is 5.22 Å². The number of carbonyl (C=O) groups excluding carboxylic acids is 1. The Morgan fingerprint density at radius 2 is 1.87 bits per heavy atom. The number of methoxy groups -OCH3 is 1. The molecular formula is C20H16N4O4S2. The van der Waals surface area contributed by atoms with Gasteiger partial charge in [0.1, 0.15) is 11.5 Å². The molecule has 4 rings (SSSR count). The molecule has 0 spiro atoms. The van der Waals surface area contributed by atoms with Crippen molar-refractivity contribution < 1.29 is 19.1 Å². The standard InChI is InChI=1S/C20H16N4O4S2/c1-27-15-8-4-12(5-9-15)16-10-29-19(21-16)22-17(26)11-30-20-24-23-18(28-20)13-2-6-14(25)7-3-13/h2-10,25H,11H2,1H3,(H,21,22,26). The van der Waals surface area contributed by atoms with E-state index in [1.54, 1.807) is 19.2 Å². The molecule has 0 fully saturated rings. The van der Waals surface area contributed by atoms with Gasteiger partial charge in [-0.2, -0.15) is 0 Å². The average Bonchev–Trinajstić information content (AvgIpc) is 3.43. The van der Waals surface area contributed by atoms with Crippen LogP contribution in [-0.2, 0) is 4.79 Å². The molecule has 10 heteroatoms. The summed E-state index contributed by atoms with van der Waals surface area (Å²) in [5.41, 5.74) is 2.40. The lowest BCUT2D eigenvalue weighted by atomic mass is 10.2. The number of phenols is 1. The Labute approximate surface area is 180 Å². The molecule has 0 aliphatic carbocycles. The van der Waals surface area contributed by atoms with Gasteiger partial charge in [-0.25, -0.2) is 4.98 Å². The number of phenolic OH excluding ortho intramolecular Hbond substituents is 1. The predicted molar refractivity (Wildman–Crippen MR) is 115 cm³/mol. The first-order valence-electron chi connectivity index (χ1n) is 8.76. The number of amides is 1. The molecule has 0 atom stereocenters. The summed E-state index contributed by atoms with van der Waals surface area (Å²) < 4.78 is 10.7. The minimum atomic E-state index is -0.222. The van der Waals surface area contributed by atoms with Gasteiger partial charge in [-0.3, -0.25) is 4.79 Å². The van der Waals surface area contributed by atoms with Crippen LogP contribution < -0.4 is 10.1 Å². The Bertz CT molecular complexity index is 1140. The van der Waals surface area contributed by atoms with Crippen LogP contribution >= 0.6 is 23.1 Å². The fourth-order valence-electron chi connectivity index (χ4n) is 2.50. The maximum atomic E-state index is 12.2. The van der Waals surface area contributed by atoms with Crippen molar-refractivity contribution in [1.29, 1.82) is 0 Å². The molecule has 0 saturated heterocycles. The smallest absolute Gasteiger partial charge is 0.277 e. The van der Waals surface area contributed by atoms with Crippen LogP contribution in [0.5, 0.6) is 11.5 Å². The second-order valence-electron chi connectivity index (χ2n) is 6.02. The number of nitrogens with zero attached hydrogens (tertiary/aromatic N) is 3. The number of aromatic hydroxyl groups is 1. The molecule has 8 nitrogen and oxygen atoms in total. The van der Waals surface area contributed by atoms with Crippen LogP contribution in [0.25, 0.3) is 22.7 Å². The summed E-state index contributed by atoms with van der Waals surface area (Å²) in [6.45, 7) is 0. The van der Waals surface area contributed by atoms with E-state index < -0.39 is 0 Å². The number of nitrogens with one attached hydrogen (secondary N) is 1. The second-order valence-corrected chi connectivity index (χ2v) is 7.81. The molecule has 2 aromatic carbocycles. The lowest BCUT2D eigenvalue weighted by Gasteiger charge is -2.01. The zero-order valence-corrected chi connectivity index (χ0v) is 17.4. The van der Waals surface area contributed by atoms with E-state index in [1.165, 1.54) is 23.5 Å². The van der Waals surface area contributed by atoms with Crippen LogP contribution in [0.4, 0.5) is 5.13 Å². The van der Waals surface area contributed by atoms with Crippen LogP contribution in [0.2, 0.25) is 0 Å². The zero-order chi connectivity index (χ0) is 20.9. The molecule has 0 unspecified atom stereocenters. The van der Waals surface area contributed by atoms with E-state index >= 15 is 0 Å². The molecule has 30 heavy (non-hydrogen) atoms. The Morgan fingerprint density at radius 1 is 1.13 bits per heavy atom. The lowest BCUT2D eigenvalue weighted by molar-refractivity contribution is -0.113. The molecule has 152 valence electrons. The van der Waals surface area contributed by atoms with E-state index in [4.69, 9.17) is 9.15 Å². The quantitative estimate of drug-likeness (QED) is 0.409. The van der Waals surface area contributed by atoms with Gasteiger partial charge in [-0.05, 0) is 48.5 Å². The summed E-state index contributed by atoms with van der Waals surface area (Å²) in [5.74, 6) is 1.13. The van der Waals surface area contributed by atoms with Crippen molar-refractivity contribution in [1.82, 2.24) is 15.2 Å². The molecule has 4 aromatic rings. The van der Waals surface area contributed by atoms with Crippen LogP contribution in [-0.4, -0.2) is 39.1 Å². The maximum absolute atomic E-state index is 12.2. The molecule has 0 aliphatic rings. The predicted octanol–water partition coefficient (Wildman–Crippen LogP) is 4.31. The number of hydrogen-bond donors (Lipinski definition) is 2. The Hall–Kier alpha value is -3.37. The number of carbonyl (C=O) groups is 1. The topological polar surface area (TPSA) is 110 Å². The SMILES string of the molecule is COc1ccc(-c2csc(NC(=O)CSc3nnc(-c4ccc(O)cc4)o3)n2)cc1. The Balaban J connectivity index is 1.32. The van der Waals surface area contributed by atoms with E-state index in [9.17, 15) is 9.90 Å². The number of thiazole rings is 1. The van der Waals surface area contributed by atoms with Crippen molar-refractivity contribution >= 4 is 34.1 Å². The number of thioether (sulfide) groups is 1. The molecular weight excluding hydrogens is 424 g/mol. The zero-order valence-electron chi connectivity index (χ0n) is 15.7. The minimum absolute atomic E-state index is 0.106. The molecule has 1 amide bonds. The largest absolute Gasteiger partial charge is 0.508 e. The van der Waals surface area contributed by atoms with E-state index in [0.29, 0.717) is 16.6 Å². The molecule has 0 radical (unpaired) electrons. The van der Waals surface area contributed by atoms with Gasteiger partial charge in [0, 0.05) is 16.5 Å². The maximum Gasteiger partial charge on any atom is 0.277 e. The third kappa shape index (κ3) is 4.78. The molecule has 0 aliphatic heterocycles. The van der Waals surface area contributed by atoms with Gasteiger partial charge in [0.05, 0.1) is 18.6 Å². The summed E-state index contributed by atoms with van der Waals surface area (Å²) in [6.07, 6.45) is 0. The molecule has 0 saturated carbocycles. The highest BCUT2D eigenvalue weighted by Gasteiger charge is 2.13. The van der Waals surface area contributed by atoms with Crippen molar-refractivity contribution in [2.24, 2.45) is 0 Å². The van der Waals surface area contributed by atoms with Crippen molar-refractivity contribution in [3.05, 3.63) is 53.9 Å². The van der Waals surface area contributed by atoms with Gasteiger partial charge in [0.25, 0.3) is 5.22 Å². The third-order valence-corrected chi connectivity index (χ3v) is 5.56. The van der Waals surface area contributed by atoms with E-state index in [2.05, 4.69) is 20.5 Å². The molecule has 0 bridgehead atoms. The van der Waals surface area contributed by atoms with Crippen molar-refractivity contribution in [3.8, 4) is 34.2 Å². The highest BCUT2D eigenvalue weighted by molar-refractivity contribution is 7.99. The monoisotopic (exact) mass is 440 g/mol. The van der Waals surface area contributed by atoms with Gasteiger partial charge >= 0.3 is 0 Å². The van der Waals surface area contributed by atoms with Gasteiger partial charge in [0.15, 0.2) is 5.13 Å². The average molecular weight is 441 g/mol. The molecule has 2 N–H and O–H groups in total. The van der Waals surface area contributed by atoms with Gasteiger partial charge in [-0.15, -0.1) is 21.5 Å². The first-order chi connectivity index (χ1) is 14.6. The molecule has 2 heterocycles. The van der Waals surface area contributed by atoms with Crippen molar-refractivity contribution in [3.63, 3.8) is 0 Å². The highest BCUT2D eigenvalue weighted by atomic mass is 32.2. The number of hydrogen-bond acceptors (Lipinski definition) is 9.